The van der Waals surface area contributed by atoms with Crippen molar-refractivity contribution in [2.24, 2.45) is 0 Å². The fraction of sp³-hybridized carbons (Fsp3) is 0.222. The number of ether oxygens (including phenoxy) is 1. The summed E-state index contributed by atoms with van der Waals surface area (Å²) in [6.07, 6.45) is 0. The van der Waals surface area contributed by atoms with Crippen molar-refractivity contribution in [1.29, 1.82) is 0 Å². The Morgan fingerprint density at radius 3 is 2.71 bits per heavy atom. The Morgan fingerprint density at radius 2 is 1.96 bits per heavy atom. The number of aryl methyl sites for hydroxylation is 1. The minimum absolute atomic E-state index is 0.0217. The lowest BCUT2D eigenvalue weighted by molar-refractivity contribution is 0.413. The van der Waals surface area contributed by atoms with Gasteiger partial charge in [0.2, 0.25) is 0 Å². The fourth-order valence-corrected chi connectivity index (χ4v) is 3.31. The van der Waals surface area contributed by atoms with Gasteiger partial charge in [-0.2, -0.15) is 0 Å². The predicted octanol–water partition coefficient (Wildman–Crippen LogP) is 3.43. The second kappa shape index (κ2) is 5.92. The molecule has 0 saturated carbocycles. The van der Waals surface area contributed by atoms with E-state index in [0.29, 0.717) is 6.54 Å². The van der Waals surface area contributed by atoms with Gasteiger partial charge in [0.15, 0.2) is 5.82 Å². The SMILES string of the molecule is COc1ccc2c(c1)C(c1ccc(Cl)cc1)NCc1nnc(C)n1-2. The van der Waals surface area contributed by atoms with Gasteiger partial charge >= 0.3 is 0 Å². The number of benzene rings is 2. The quantitative estimate of drug-likeness (QED) is 0.776. The molecule has 1 atom stereocenters. The molecule has 0 radical (unpaired) electrons. The van der Waals surface area contributed by atoms with Crippen molar-refractivity contribution in [3.8, 4) is 11.4 Å². The van der Waals surface area contributed by atoms with Gasteiger partial charge in [0, 0.05) is 10.6 Å². The molecule has 2 heterocycles. The fourth-order valence-electron chi connectivity index (χ4n) is 3.18. The molecule has 5 nitrogen and oxygen atoms in total. The van der Waals surface area contributed by atoms with Gasteiger partial charge in [0.1, 0.15) is 11.6 Å². The van der Waals surface area contributed by atoms with Crippen LogP contribution < -0.4 is 10.1 Å². The van der Waals surface area contributed by atoms with Crippen LogP contribution >= 0.6 is 11.6 Å². The minimum Gasteiger partial charge on any atom is -0.497 e. The molecule has 0 amide bonds. The van der Waals surface area contributed by atoms with Gasteiger partial charge in [-0.1, -0.05) is 23.7 Å². The zero-order valence-electron chi connectivity index (χ0n) is 13.5. The number of hydrogen-bond donors (Lipinski definition) is 1. The lowest BCUT2D eigenvalue weighted by atomic mass is 9.97. The third-order valence-corrected chi connectivity index (χ3v) is 4.60. The Bertz CT molecular complexity index is 889. The number of aromatic nitrogens is 3. The molecule has 0 aliphatic carbocycles. The van der Waals surface area contributed by atoms with E-state index in [9.17, 15) is 0 Å². The molecule has 0 saturated heterocycles. The number of hydrogen-bond acceptors (Lipinski definition) is 4. The molecule has 1 unspecified atom stereocenters. The Balaban J connectivity index is 1.92. The number of halogens is 1. The first-order valence-electron chi connectivity index (χ1n) is 7.75. The summed E-state index contributed by atoms with van der Waals surface area (Å²) in [6, 6.07) is 14.0. The zero-order chi connectivity index (χ0) is 16.7. The van der Waals surface area contributed by atoms with E-state index in [4.69, 9.17) is 16.3 Å². The van der Waals surface area contributed by atoms with Gasteiger partial charge in [-0.25, -0.2) is 0 Å². The van der Waals surface area contributed by atoms with E-state index < -0.39 is 0 Å². The standard InChI is InChI=1S/C18H17ClN4O/c1-11-21-22-17-10-20-18(12-3-5-13(19)6-4-12)15-9-14(24-2)7-8-16(15)23(11)17/h3-9,18,20H,10H2,1-2H3. The summed E-state index contributed by atoms with van der Waals surface area (Å²) in [5.41, 5.74) is 3.34. The van der Waals surface area contributed by atoms with E-state index in [-0.39, 0.29) is 6.04 Å². The van der Waals surface area contributed by atoms with Crippen LogP contribution in [0.5, 0.6) is 5.75 Å². The van der Waals surface area contributed by atoms with E-state index in [1.165, 1.54) is 0 Å². The van der Waals surface area contributed by atoms with Crippen LogP contribution in [0.15, 0.2) is 42.5 Å². The van der Waals surface area contributed by atoms with Crippen LogP contribution in [0, 0.1) is 6.92 Å². The van der Waals surface area contributed by atoms with Crippen molar-refractivity contribution >= 4 is 11.6 Å². The largest absolute Gasteiger partial charge is 0.497 e. The molecule has 0 spiro atoms. The predicted molar refractivity (Wildman–Crippen MR) is 92.8 cm³/mol. The summed E-state index contributed by atoms with van der Waals surface area (Å²) in [7, 11) is 1.68. The summed E-state index contributed by atoms with van der Waals surface area (Å²) in [5.74, 6) is 2.59. The third kappa shape index (κ3) is 2.46. The lowest BCUT2D eigenvalue weighted by Gasteiger charge is -2.20. The lowest BCUT2D eigenvalue weighted by Crippen LogP contribution is -2.21. The molecule has 0 fully saturated rings. The highest BCUT2D eigenvalue weighted by atomic mass is 35.5. The summed E-state index contributed by atoms with van der Waals surface area (Å²) < 4.78 is 7.53. The van der Waals surface area contributed by atoms with Crippen molar-refractivity contribution in [3.05, 3.63) is 70.3 Å². The Kier molecular flexibility index (Phi) is 3.75. The Morgan fingerprint density at radius 1 is 1.17 bits per heavy atom. The molecule has 122 valence electrons. The van der Waals surface area contributed by atoms with Crippen molar-refractivity contribution < 1.29 is 4.74 Å². The molecule has 0 bridgehead atoms. The highest BCUT2D eigenvalue weighted by Gasteiger charge is 2.25. The normalized spacial score (nSPS) is 16.2. The van der Waals surface area contributed by atoms with Gasteiger partial charge in [-0.3, -0.25) is 9.88 Å². The van der Waals surface area contributed by atoms with Gasteiger partial charge in [-0.15, -0.1) is 10.2 Å². The van der Waals surface area contributed by atoms with Crippen molar-refractivity contribution in [1.82, 2.24) is 20.1 Å². The smallest absolute Gasteiger partial charge is 0.151 e. The zero-order valence-corrected chi connectivity index (χ0v) is 14.2. The second-order valence-corrected chi connectivity index (χ2v) is 6.23. The molecule has 1 N–H and O–H groups in total. The number of methoxy groups -OCH3 is 1. The van der Waals surface area contributed by atoms with Gasteiger partial charge in [0.05, 0.1) is 25.4 Å². The molecule has 2 aromatic carbocycles. The van der Waals surface area contributed by atoms with E-state index >= 15 is 0 Å². The van der Waals surface area contributed by atoms with Gasteiger partial charge in [-0.05, 0) is 42.8 Å². The minimum atomic E-state index is 0.0217. The van der Waals surface area contributed by atoms with Crippen LogP contribution in [-0.2, 0) is 6.54 Å². The highest BCUT2D eigenvalue weighted by Crippen LogP contribution is 2.34. The number of rotatable bonds is 2. The second-order valence-electron chi connectivity index (χ2n) is 5.79. The number of nitrogens with zero attached hydrogens (tertiary/aromatic N) is 3. The van der Waals surface area contributed by atoms with Crippen molar-refractivity contribution in [2.75, 3.05) is 7.11 Å². The van der Waals surface area contributed by atoms with Crippen molar-refractivity contribution in [3.63, 3.8) is 0 Å². The first-order valence-corrected chi connectivity index (χ1v) is 8.13. The van der Waals surface area contributed by atoms with E-state index in [2.05, 4.69) is 32.2 Å². The highest BCUT2D eigenvalue weighted by molar-refractivity contribution is 6.30. The molecule has 1 aliphatic heterocycles. The average molecular weight is 341 g/mol. The van der Waals surface area contributed by atoms with Crippen LogP contribution in [0.1, 0.15) is 28.8 Å². The monoisotopic (exact) mass is 340 g/mol. The maximum absolute atomic E-state index is 6.04. The van der Waals surface area contributed by atoms with Crippen LogP contribution in [-0.4, -0.2) is 21.9 Å². The summed E-state index contributed by atoms with van der Waals surface area (Å²) >= 11 is 6.04. The first kappa shape index (κ1) is 15.2. The number of nitrogens with one attached hydrogen (secondary N) is 1. The average Bonchev–Trinajstić information content (AvgIpc) is 2.88. The summed E-state index contributed by atoms with van der Waals surface area (Å²) in [5, 5.41) is 12.8. The van der Waals surface area contributed by atoms with Crippen LogP contribution in [0.3, 0.4) is 0 Å². The third-order valence-electron chi connectivity index (χ3n) is 4.35. The summed E-state index contributed by atoms with van der Waals surface area (Å²) in [4.78, 5) is 0. The maximum Gasteiger partial charge on any atom is 0.151 e. The summed E-state index contributed by atoms with van der Waals surface area (Å²) in [6.45, 7) is 2.60. The van der Waals surface area contributed by atoms with Crippen molar-refractivity contribution in [2.45, 2.75) is 19.5 Å². The molecule has 3 aromatic rings. The molecule has 4 rings (SSSR count). The molecular weight excluding hydrogens is 324 g/mol. The molecule has 6 heteroatoms. The van der Waals surface area contributed by atoms with Crippen LogP contribution in [0.25, 0.3) is 5.69 Å². The first-order chi connectivity index (χ1) is 11.7. The van der Waals surface area contributed by atoms with Crippen LogP contribution in [0.2, 0.25) is 5.02 Å². The number of fused-ring (bicyclic) bond motifs is 3. The molecular formula is C18H17ClN4O. The van der Waals surface area contributed by atoms with Gasteiger partial charge < -0.3 is 4.74 Å². The Hall–Kier alpha value is -2.37. The topological polar surface area (TPSA) is 52.0 Å². The van der Waals surface area contributed by atoms with Crippen LogP contribution in [0.4, 0.5) is 0 Å². The van der Waals surface area contributed by atoms with E-state index in [1.807, 2.05) is 37.3 Å². The maximum atomic E-state index is 6.04. The Labute approximate surface area is 145 Å². The molecule has 1 aliphatic rings. The van der Waals surface area contributed by atoms with E-state index in [1.54, 1.807) is 7.11 Å². The molecule has 1 aromatic heterocycles. The van der Waals surface area contributed by atoms with Gasteiger partial charge in [0.25, 0.3) is 0 Å². The molecule has 24 heavy (non-hydrogen) atoms. The van der Waals surface area contributed by atoms with E-state index in [0.717, 1.165) is 39.2 Å².